The second-order valence-electron chi connectivity index (χ2n) is 8.99. The molecular weight excluding hydrogens is 452 g/mol. The molecule has 0 bridgehead atoms. The van der Waals surface area contributed by atoms with E-state index in [1.165, 1.54) is 18.4 Å². The Kier molecular flexibility index (Phi) is 7.29. The van der Waals surface area contributed by atoms with E-state index < -0.39 is 5.97 Å². The van der Waals surface area contributed by atoms with Gasteiger partial charge in [0, 0.05) is 34.0 Å². The highest BCUT2D eigenvalue weighted by molar-refractivity contribution is 7.18. The van der Waals surface area contributed by atoms with Crippen LogP contribution in [-0.4, -0.2) is 30.0 Å². The van der Waals surface area contributed by atoms with Gasteiger partial charge in [-0.05, 0) is 57.1 Å². The number of carbonyl (C=O) groups excluding carboxylic acids is 2. The Hall–Kier alpha value is -2.51. The smallest absolute Gasteiger partial charge is 0.350 e. The van der Waals surface area contributed by atoms with Crippen LogP contribution >= 0.6 is 22.7 Å². The van der Waals surface area contributed by atoms with Gasteiger partial charge in [0.05, 0.1) is 12.8 Å². The van der Waals surface area contributed by atoms with Crippen LogP contribution in [0.1, 0.15) is 56.1 Å². The molecule has 0 N–H and O–H groups in total. The zero-order valence-corrected chi connectivity index (χ0v) is 21.2. The Morgan fingerprint density at radius 3 is 2.33 bits per heavy atom. The van der Waals surface area contributed by atoms with Gasteiger partial charge in [-0.15, -0.1) is 22.7 Å². The second kappa shape index (κ2) is 10.2. The number of methoxy groups -OCH3 is 1. The summed E-state index contributed by atoms with van der Waals surface area (Å²) < 4.78 is 5.09. The lowest BCUT2D eigenvalue weighted by molar-refractivity contribution is -0.123. The second-order valence-corrected chi connectivity index (χ2v) is 10.9. The van der Waals surface area contributed by atoms with E-state index in [0.29, 0.717) is 16.5 Å². The number of ether oxygens (including phenoxy) is 1. The van der Waals surface area contributed by atoms with Crippen LogP contribution in [0.3, 0.4) is 0 Å². The van der Waals surface area contributed by atoms with Crippen molar-refractivity contribution >= 4 is 40.2 Å². The molecule has 33 heavy (non-hydrogen) atoms. The molecular formula is C26H30N2O3S2. The van der Waals surface area contributed by atoms with Crippen molar-refractivity contribution in [2.45, 2.75) is 52.5 Å². The number of thiophene rings is 1. The molecule has 5 nitrogen and oxygen atoms in total. The fraction of sp³-hybridized carbons (Fsp3) is 0.423. The lowest BCUT2D eigenvalue weighted by Crippen LogP contribution is -2.42. The van der Waals surface area contributed by atoms with E-state index in [-0.39, 0.29) is 17.9 Å². The van der Waals surface area contributed by atoms with Crippen molar-refractivity contribution in [1.82, 2.24) is 4.98 Å². The third-order valence-corrected chi connectivity index (χ3v) is 8.29. The Bertz CT molecular complexity index is 1100. The lowest BCUT2D eigenvalue weighted by Gasteiger charge is -2.33. The number of esters is 1. The highest BCUT2D eigenvalue weighted by atomic mass is 32.1. The van der Waals surface area contributed by atoms with Crippen LogP contribution in [-0.2, 0) is 9.53 Å². The Balaban J connectivity index is 1.69. The number of hydrogen-bond donors (Lipinski definition) is 0. The van der Waals surface area contributed by atoms with Crippen LogP contribution < -0.4 is 4.90 Å². The topological polar surface area (TPSA) is 59.5 Å². The zero-order valence-electron chi connectivity index (χ0n) is 19.5. The summed E-state index contributed by atoms with van der Waals surface area (Å²) in [6.07, 6.45) is 5.77. The van der Waals surface area contributed by atoms with E-state index in [1.54, 1.807) is 17.5 Å². The Morgan fingerprint density at radius 2 is 1.76 bits per heavy atom. The van der Waals surface area contributed by atoms with Crippen LogP contribution in [0.2, 0.25) is 0 Å². The lowest BCUT2D eigenvalue weighted by atomic mass is 9.82. The quantitative estimate of drug-likeness (QED) is 0.359. The zero-order chi connectivity index (χ0) is 23.5. The molecule has 1 aliphatic carbocycles. The van der Waals surface area contributed by atoms with Crippen LogP contribution in [0.15, 0.2) is 41.9 Å². The summed E-state index contributed by atoms with van der Waals surface area (Å²) in [4.78, 5) is 33.9. The highest BCUT2D eigenvalue weighted by Crippen LogP contribution is 2.40. The average Bonchev–Trinajstić information content (AvgIpc) is 3.50. The molecule has 0 atom stereocenters. The minimum atomic E-state index is -0.406. The van der Waals surface area contributed by atoms with Gasteiger partial charge in [-0.1, -0.05) is 31.2 Å². The van der Waals surface area contributed by atoms with Gasteiger partial charge in [0.25, 0.3) is 0 Å². The summed E-state index contributed by atoms with van der Waals surface area (Å²) in [5.74, 6) is 0.393. The first-order valence-corrected chi connectivity index (χ1v) is 13.1. The Labute approximate surface area is 203 Å². The number of anilines is 1. The molecule has 4 rings (SSSR count). The standard InChI is InChI=1S/C26H30N2O3S2/c1-16(2)28(25(29)20-7-5-17(3)6-8-20)21-15-22(33-23(21)26(30)31-4)18-9-11-19(12-10-18)24-27-13-14-32-24/h9-17,20H,5-8H2,1-4H3. The van der Waals surface area contributed by atoms with Gasteiger partial charge in [0.2, 0.25) is 5.91 Å². The summed E-state index contributed by atoms with van der Waals surface area (Å²) in [6, 6.07) is 10.1. The molecule has 1 fully saturated rings. The highest BCUT2D eigenvalue weighted by Gasteiger charge is 2.33. The van der Waals surface area contributed by atoms with Gasteiger partial charge in [0.15, 0.2) is 0 Å². The van der Waals surface area contributed by atoms with Crippen LogP contribution in [0.5, 0.6) is 0 Å². The number of rotatable bonds is 6. The van der Waals surface area contributed by atoms with Crippen molar-refractivity contribution in [1.29, 1.82) is 0 Å². The first kappa shape index (κ1) is 23.6. The summed E-state index contributed by atoms with van der Waals surface area (Å²) in [6.45, 7) is 6.26. The molecule has 174 valence electrons. The molecule has 0 unspecified atom stereocenters. The summed E-state index contributed by atoms with van der Waals surface area (Å²) >= 11 is 2.98. The molecule has 2 aromatic heterocycles. The minimum Gasteiger partial charge on any atom is -0.465 e. The summed E-state index contributed by atoms with van der Waals surface area (Å²) in [5.41, 5.74) is 2.72. The third-order valence-electron chi connectivity index (χ3n) is 6.31. The molecule has 3 aromatic rings. The maximum Gasteiger partial charge on any atom is 0.350 e. The van der Waals surface area contributed by atoms with E-state index in [1.807, 2.05) is 54.5 Å². The van der Waals surface area contributed by atoms with E-state index in [4.69, 9.17) is 4.74 Å². The molecule has 1 saturated carbocycles. The van der Waals surface area contributed by atoms with Crippen molar-refractivity contribution in [2.75, 3.05) is 12.0 Å². The van der Waals surface area contributed by atoms with Crippen molar-refractivity contribution in [3.05, 3.63) is 46.8 Å². The normalized spacial score (nSPS) is 18.3. The van der Waals surface area contributed by atoms with Crippen LogP contribution in [0.25, 0.3) is 21.0 Å². The summed E-state index contributed by atoms with van der Waals surface area (Å²) in [5, 5.41) is 2.93. The molecule has 1 amide bonds. The number of benzene rings is 1. The largest absolute Gasteiger partial charge is 0.465 e. The van der Waals surface area contributed by atoms with Crippen LogP contribution in [0, 0.1) is 11.8 Å². The predicted octanol–water partition coefficient (Wildman–Crippen LogP) is 6.89. The molecule has 1 aromatic carbocycles. The van der Waals surface area contributed by atoms with Crippen molar-refractivity contribution in [3.63, 3.8) is 0 Å². The van der Waals surface area contributed by atoms with Crippen molar-refractivity contribution < 1.29 is 14.3 Å². The van der Waals surface area contributed by atoms with Gasteiger partial charge >= 0.3 is 5.97 Å². The SMILES string of the molecule is COC(=O)c1sc(-c2ccc(-c3nccs3)cc2)cc1N(C(=O)C1CCC(C)CC1)C(C)C. The average molecular weight is 483 g/mol. The first-order valence-electron chi connectivity index (χ1n) is 11.4. The van der Waals surface area contributed by atoms with Gasteiger partial charge in [-0.25, -0.2) is 9.78 Å². The fourth-order valence-electron chi connectivity index (χ4n) is 4.44. The van der Waals surface area contributed by atoms with Crippen molar-refractivity contribution in [2.24, 2.45) is 11.8 Å². The van der Waals surface area contributed by atoms with Gasteiger partial charge in [-0.3, -0.25) is 4.79 Å². The first-order chi connectivity index (χ1) is 15.9. The number of thiazole rings is 1. The number of nitrogens with zero attached hydrogens (tertiary/aromatic N) is 2. The van der Waals surface area contributed by atoms with Crippen molar-refractivity contribution in [3.8, 4) is 21.0 Å². The number of aromatic nitrogens is 1. The molecule has 2 heterocycles. The van der Waals surface area contributed by atoms with E-state index in [0.717, 1.165) is 46.7 Å². The maximum absolute atomic E-state index is 13.6. The third kappa shape index (κ3) is 5.04. The maximum atomic E-state index is 13.6. The number of amides is 1. The van der Waals surface area contributed by atoms with Gasteiger partial charge in [0.1, 0.15) is 9.88 Å². The predicted molar refractivity (Wildman–Crippen MR) is 136 cm³/mol. The van der Waals surface area contributed by atoms with E-state index in [2.05, 4.69) is 11.9 Å². The van der Waals surface area contributed by atoms with Gasteiger partial charge < -0.3 is 9.64 Å². The Morgan fingerprint density at radius 1 is 1.09 bits per heavy atom. The van der Waals surface area contributed by atoms with E-state index >= 15 is 0 Å². The monoisotopic (exact) mass is 482 g/mol. The molecule has 0 spiro atoms. The van der Waals surface area contributed by atoms with Crippen LogP contribution in [0.4, 0.5) is 5.69 Å². The molecule has 0 radical (unpaired) electrons. The fourth-order valence-corrected chi connectivity index (χ4v) is 6.16. The summed E-state index contributed by atoms with van der Waals surface area (Å²) in [7, 11) is 1.39. The molecule has 1 aliphatic rings. The minimum absolute atomic E-state index is 0.00928. The molecule has 7 heteroatoms. The number of hydrogen-bond acceptors (Lipinski definition) is 6. The van der Waals surface area contributed by atoms with E-state index in [9.17, 15) is 9.59 Å². The number of carbonyl (C=O) groups is 2. The molecule has 0 aliphatic heterocycles. The van der Waals surface area contributed by atoms with Gasteiger partial charge in [-0.2, -0.15) is 0 Å². The molecule has 0 saturated heterocycles.